The highest BCUT2D eigenvalue weighted by atomic mass is 32.2. The fourth-order valence-corrected chi connectivity index (χ4v) is 8.88. The Labute approximate surface area is 156 Å². The van der Waals surface area contributed by atoms with Crippen LogP contribution in [0.4, 0.5) is 0 Å². The first-order valence-corrected chi connectivity index (χ1v) is 11.1. The summed E-state index contributed by atoms with van der Waals surface area (Å²) in [5.41, 5.74) is 0. The molecule has 4 aliphatic rings. The standard InChI is InChI=1S/C19H22O4S2/c20-18(23-15-4-5-16-17(10-15)22-11-21-16)12-8-13-2-1-3-14(9-12)19(13)24-6-7-25-19/h4-5,10,12-14H,1-3,6-9,11H2/t13-,14-/m1/s1. The van der Waals surface area contributed by atoms with Crippen LogP contribution < -0.4 is 14.2 Å². The average molecular weight is 379 g/mol. The van der Waals surface area contributed by atoms with Gasteiger partial charge in [0.15, 0.2) is 11.5 Å². The highest BCUT2D eigenvalue weighted by molar-refractivity contribution is 8.21. The summed E-state index contributed by atoms with van der Waals surface area (Å²) >= 11 is 4.34. The van der Waals surface area contributed by atoms with Gasteiger partial charge < -0.3 is 14.2 Å². The topological polar surface area (TPSA) is 44.8 Å². The van der Waals surface area contributed by atoms with Crippen molar-refractivity contribution in [3.8, 4) is 17.2 Å². The molecule has 1 aromatic carbocycles. The molecule has 0 N–H and O–H groups in total. The Kier molecular flexibility index (Phi) is 4.08. The molecule has 3 fully saturated rings. The van der Waals surface area contributed by atoms with E-state index in [1.165, 1.54) is 30.8 Å². The molecule has 2 aliphatic heterocycles. The lowest BCUT2D eigenvalue weighted by molar-refractivity contribution is -0.141. The van der Waals surface area contributed by atoms with Gasteiger partial charge in [-0.1, -0.05) is 6.42 Å². The van der Waals surface area contributed by atoms with Crippen LogP contribution in [0.15, 0.2) is 18.2 Å². The molecule has 6 heteroatoms. The van der Waals surface area contributed by atoms with Crippen molar-refractivity contribution in [2.24, 2.45) is 17.8 Å². The van der Waals surface area contributed by atoms with Crippen molar-refractivity contribution in [2.75, 3.05) is 18.3 Å². The number of hydrogen-bond acceptors (Lipinski definition) is 6. The van der Waals surface area contributed by atoms with Gasteiger partial charge in [-0.15, -0.1) is 23.5 Å². The van der Waals surface area contributed by atoms with Gasteiger partial charge >= 0.3 is 5.97 Å². The minimum Gasteiger partial charge on any atom is -0.454 e. The molecule has 0 unspecified atom stereocenters. The van der Waals surface area contributed by atoms with Crippen LogP contribution in [0.1, 0.15) is 32.1 Å². The maximum atomic E-state index is 12.8. The Hall–Kier alpha value is -1.01. The second kappa shape index (κ2) is 6.31. The van der Waals surface area contributed by atoms with Crippen molar-refractivity contribution in [1.82, 2.24) is 0 Å². The summed E-state index contributed by atoms with van der Waals surface area (Å²) in [5, 5.41) is 0. The van der Waals surface area contributed by atoms with Crippen LogP contribution in [0, 0.1) is 17.8 Å². The Morgan fingerprint density at radius 1 is 1.08 bits per heavy atom. The SMILES string of the molecule is O=C(Oc1ccc2c(c1)OCO2)C1C[C@H]2CCC[C@H](C1)C21SCCS1. The number of thioether (sulfide) groups is 2. The second-order valence-electron chi connectivity index (χ2n) is 7.35. The van der Waals surface area contributed by atoms with Crippen molar-refractivity contribution in [3.05, 3.63) is 18.2 Å². The molecule has 2 bridgehead atoms. The van der Waals surface area contributed by atoms with Crippen LogP contribution in [-0.4, -0.2) is 28.3 Å². The molecule has 2 aliphatic carbocycles. The molecule has 5 rings (SSSR count). The third-order valence-corrected chi connectivity index (χ3v) is 10.0. The summed E-state index contributed by atoms with van der Waals surface area (Å²) < 4.78 is 16.8. The van der Waals surface area contributed by atoms with E-state index < -0.39 is 0 Å². The van der Waals surface area contributed by atoms with Gasteiger partial charge in [0.2, 0.25) is 6.79 Å². The summed E-state index contributed by atoms with van der Waals surface area (Å²) in [6, 6.07) is 5.36. The first-order valence-electron chi connectivity index (χ1n) is 9.14. The quantitative estimate of drug-likeness (QED) is 0.564. The van der Waals surface area contributed by atoms with E-state index in [-0.39, 0.29) is 18.7 Å². The van der Waals surface area contributed by atoms with Crippen LogP contribution in [0.5, 0.6) is 17.2 Å². The predicted octanol–water partition coefficient (Wildman–Crippen LogP) is 4.32. The number of benzene rings is 1. The minimum absolute atomic E-state index is 0.0353. The van der Waals surface area contributed by atoms with Crippen molar-refractivity contribution >= 4 is 29.5 Å². The lowest BCUT2D eigenvalue weighted by Gasteiger charge is -2.51. The van der Waals surface area contributed by atoms with Crippen molar-refractivity contribution in [1.29, 1.82) is 0 Å². The maximum absolute atomic E-state index is 12.8. The largest absolute Gasteiger partial charge is 0.454 e. The molecular formula is C19H22O4S2. The molecule has 2 heterocycles. The Balaban J connectivity index is 1.30. The van der Waals surface area contributed by atoms with Crippen LogP contribution in [0.2, 0.25) is 0 Å². The van der Waals surface area contributed by atoms with E-state index in [0.29, 0.717) is 33.2 Å². The second-order valence-corrected chi connectivity index (χ2v) is 10.4. The summed E-state index contributed by atoms with van der Waals surface area (Å²) in [5.74, 6) is 5.75. The molecule has 0 aromatic heterocycles. The van der Waals surface area contributed by atoms with Gasteiger partial charge in [-0.3, -0.25) is 4.79 Å². The summed E-state index contributed by atoms with van der Waals surface area (Å²) in [6.45, 7) is 0.232. The lowest BCUT2D eigenvalue weighted by Crippen LogP contribution is -2.48. The van der Waals surface area contributed by atoms with Crippen molar-refractivity contribution < 1.29 is 19.0 Å². The number of esters is 1. The van der Waals surface area contributed by atoms with E-state index in [0.717, 1.165) is 12.8 Å². The molecular weight excluding hydrogens is 356 g/mol. The molecule has 0 amide bonds. The van der Waals surface area contributed by atoms with Crippen LogP contribution >= 0.6 is 23.5 Å². The Morgan fingerprint density at radius 2 is 1.80 bits per heavy atom. The van der Waals surface area contributed by atoms with Gasteiger partial charge in [0, 0.05) is 17.6 Å². The normalized spacial score (nSPS) is 31.9. The Bertz CT molecular complexity index is 670. The summed E-state index contributed by atoms with van der Waals surface area (Å²) in [4.78, 5) is 12.8. The van der Waals surface area contributed by atoms with E-state index in [1.54, 1.807) is 18.2 Å². The van der Waals surface area contributed by atoms with Gasteiger partial charge in [-0.05, 0) is 49.7 Å². The lowest BCUT2D eigenvalue weighted by atomic mass is 9.67. The molecule has 1 aromatic rings. The molecule has 1 spiro atoms. The number of carbonyl (C=O) groups is 1. The average Bonchev–Trinajstić information content (AvgIpc) is 3.24. The molecule has 2 atom stereocenters. The van der Waals surface area contributed by atoms with E-state index in [4.69, 9.17) is 14.2 Å². The van der Waals surface area contributed by atoms with Gasteiger partial charge in [0.05, 0.1) is 10.00 Å². The van der Waals surface area contributed by atoms with Crippen molar-refractivity contribution in [3.63, 3.8) is 0 Å². The monoisotopic (exact) mass is 378 g/mol. The minimum atomic E-state index is -0.0707. The highest BCUT2D eigenvalue weighted by Crippen LogP contribution is 2.64. The Morgan fingerprint density at radius 3 is 2.56 bits per heavy atom. The van der Waals surface area contributed by atoms with E-state index >= 15 is 0 Å². The molecule has 134 valence electrons. The third-order valence-electron chi connectivity index (χ3n) is 6.02. The summed E-state index contributed by atoms with van der Waals surface area (Å²) in [6.07, 6.45) is 5.83. The number of ether oxygens (including phenoxy) is 3. The van der Waals surface area contributed by atoms with Gasteiger partial charge in [-0.25, -0.2) is 0 Å². The van der Waals surface area contributed by atoms with Crippen molar-refractivity contribution in [2.45, 2.75) is 36.2 Å². The van der Waals surface area contributed by atoms with Gasteiger partial charge in [0.25, 0.3) is 0 Å². The smallest absolute Gasteiger partial charge is 0.314 e. The van der Waals surface area contributed by atoms with E-state index in [2.05, 4.69) is 23.5 Å². The van der Waals surface area contributed by atoms with Crippen LogP contribution in [0.25, 0.3) is 0 Å². The third kappa shape index (κ3) is 2.72. The fraction of sp³-hybridized carbons (Fsp3) is 0.632. The summed E-state index contributed by atoms with van der Waals surface area (Å²) in [7, 11) is 0. The molecule has 25 heavy (non-hydrogen) atoms. The number of rotatable bonds is 2. The van der Waals surface area contributed by atoms with Gasteiger partial charge in [-0.2, -0.15) is 0 Å². The molecule has 4 nitrogen and oxygen atoms in total. The zero-order chi connectivity index (χ0) is 16.9. The van der Waals surface area contributed by atoms with Crippen LogP contribution in [0.3, 0.4) is 0 Å². The van der Waals surface area contributed by atoms with Crippen LogP contribution in [-0.2, 0) is 4.79 Å². The molecule has 2 saturated carbocycles. The maximum Gasteiger partial charge on any atom is 0.314 e. The van der Waals surface area contributed by atoms with E-state index in [1.807, 2.05) is 0 Å². The molecule has 1 saturated heterocycles. The number of carbonyl (C=O) groups excluding carboxylic acids is 1. The number of hydrogen-bond donors (Lipinski definition) is 0. The predicted molar refractivity (Wildman–Crippen MR) is 99.4 cm³/mol. The zero-order valence-corrected chi connectivity index (χ0v) is 15.7. The molecule has 0 radical (unpaired) electrons. The fourth-order valence-electron chi connectivity index (χ4n) is 4.94. The highest BCUT2D eigenvalue weighted by Gasteiger charge is 2.55. The first kappa shape index (κ1) is 16.2. The van der Waals surface area contributed by atoms with Gasteiger partial charge in [0.1, 0.15) is 5.75 Å². The first-order chi connectivity index (χ1) is 12.2. The zero-order valence-electron chi connectivity index (χ0n) is 14.1. The number of fused-ring (bicyclic) bond motifs is 1. The van der Waals surface area contributed by atoms with E-state index in [9.17, 15) is 4.79 Å².